The Morgan fingerprint density at radius 3 is 2.75 bits per heavy atom. The molecule has 1 aromatic carbocycles. The molecular formula is C13H10BrN3O2S. The van der Waals surface area contributed by atoms with Gasteiger partial charge < -0.3 is 0 Å². The third kappa shape index (κ3) is 2.99. The van der Waals surface area contributed by atoms with Crippen molar-refractivity contribution in [3.63, 3.8) is 0 Å². The fourth-order valence-electron chi connectivity index (χ4n) is 1.80. The first-order valence-corrected chi connectivity index (χ1v) is 7.70. The van der Waals surface area contributed by atoms with Gasteiger partial charge in [0.1, 0.15) is 15.5 Å². The quantitative estimate of drug-likeness (QED) is 0.469. The minimum absolute atomic E-state index is 0.0974. The molecule has 1 aliphatic rings. The maximum absolute atomic E-state index is 11.0. The minimum Gasteiger partial charge on any atom is -0.258 e. The molecule has 1 aliphatic carbocycles. The number of nitro benzene ring substituents is 1. The van der Waals surface area contributed by atoms with E-state index in [1.807, 2.05) is 0 Å². The van der Waals surface area contributed by atoms with E-state index in [0.717, 1.165) is 28.3 Å². The third-order valence-electron chi connectivity index (χ3n) is 2.91. The van der Waals surface area contributed by atoms with Crippen LogP contribution >= 0.6 is 27.7 Å². The first-order valence-electron chi connectivity index (χ1n) is 6.09. The van der Waals surface area contributed by atoms with Crippen molar-refractivity contribution in [3.05, 3.63) is 50.9 Å². The predicted octanol–water partition coefficient (Wildman–Crippen LogP) is 4.18. The van der Waals surface area contributed by atoms with Crippen LogP contribution in [0.5, 0.6) is 0 Å². The standard InChI is InChI=1S/C13H10BrN3O2S/c14-11-7-12(16-13(15-11)8-5-6-8)20-10-4-2-1-3-9(10)17(18)19/h1-4,7-8H,5-6H2. The summed E-state index contributed by atoms with van der Waals surface area (Å²) in [5, 5.41) is 11.7. The van der Waals surface area contributed by atoms with E-state index in [2.05, 4.69) is 25.9 Å². The Morgan fingerprint density at radius 2 is 2.05 bits per heavy atom. The Balaban J connectivity index is 1.93. The first kappa shape index (κ1) is 13.5. The summed E-state index contributed by atoms with van der Waals surface area (Å²) in [6, 6.07) is 8.46. The van der Waals surface area contributed by atoms with Gasteiger partial charge in [0.2, 0.25) is 0 Å². The average Bonchev–Trinajstić information content (AvgIpc) is 3.22. The molecule has 0 radical (unpaired) electrons. The Bertz CT molecular complexity index is 676. The molecule has 1 saturated carbocycles. The van der Waals surface area contributed by atoms with Crippen molar-refractivity contribution in [2.75, 3.05) is 0 Å². The zero-order chi connectivity index (χ0) is 14.1. The number of benzene rings is 1. The van der Waals surface area contributed by atoms with Crippen molar-refractivity contribution in [3.8, 4) is 0 Å². The molecule has 0 spiro atoms. The van der Waals surface area contributed by atoms with Gasteiger partial charge in [0, 0.05) is 18.1 Å². The van der Waals surface area contributed by atoms with Gasteiger partial charge in [-0.1, -0.05) is 23.9 Å². The second kappa shape index (κ2) is 5.49. The molecule has 0 N–H and O–H groups in total. The smallest absolute Gasteiger partial charge is 0.258 e. The average molecular weight is 352 g/mol. The van der Waals surface area contributed by atoms with E-state index < -0.39 is 0 Å². The van der Waals surface area contributed by atoms with Gasteiger partial charge in [-0.05, 0) is 34.8 Å². The van der Waals surface area contributed by atoms with E-state index in [1.54, 1.807) is 24.3 Å². The lowest BCUT2D eigenvalue weighted by atomic mass is 10.3. The van der Waals surface area contributed by atoms with E-state index in [-0.39, 0.29) is 10.6 Å². The van der Waals surface area contributed by atoms with Crippen molar-refractivity contribution in [2.45, 2.75) is 28.7 Å². The number of nitro groups is 1. The second-order valence-corrected chi connectivity index (χ2v) is 6.36. The zero-order valence-corrected chi connectivity index (χ0v) is 12.7. The van der Waals surface area contributed by atoms with Crippen LogP contribution in [0.15, 0.2) is 44.9 Å². The van der Waals surface area contributed by atoms with Crippen LogP contribution in [-0.4, -0.2) is 14.9 Å². The Morgan fingerprint density at radius 1 is 1.30 bits per heavy atom. The second-order valence-electron chi connectivity index (χ2n) is 4.49. The number of nitrogens with zero attached hydrogens (tertiary/aromatic N) is 3. The maximum Gasteiger partial charge on any atom is 0.283 e. The number of aromatic nitrogens is 2. The lowest BCUT2D eigenvalue weighted by Crippen LogP contribution is -1.95. The van der Waals surface area contributed by atoms with Gasteiger partial charge in [-0.25, -0.2) is 9.97 Å². The molecule has 2 aromatic rings. The number of hydrogen-bond acceptors (Lipinski definition) is 5. The van der Waals surface area contributed by atoms with Gasteiger partial charge in [0.05, 0.1) is 9.82 Å². The summed E-state index contributed by atoms with van der Waals surface area (Å²) < 4.78 is 0.718. The first-order chi connectivity index (χ1) is 9.63. The van der Waals surface area contributed by atoms with Gasteiger partial charge in [-0.2, -0.15) is 0 Å². The summed E-state index contributed by atoms with van der Waals surface area (Å²) >= 11 is 4.66. The highest BCUT2D eigenvalue weighted by Gasteiger charge is 2.27. The van der Waals surface area contributed by atoms with E-state index >= 15 is 0 Å². The molecule has 1 heterocycles. The van der Waals surface area contributed by atoms with Gasteiger partial charge in [0.15, 0.2) is 0 Å². The van der Waals surface area contributed by atoms with Gasteiger partial charge in [0.25, 0.3) is 5.69 Å². The fraction of sp³-hybridized carbons (Fsp3) is 0.231. The monoisotopic (exact) mass is 351 g/mol. The summed E-state index contributed by atoms with van der Waals surface area (Å²) in [6.45, 7) is 0. The number of para-hydroxylation sites is 1. The highest BCUT2D eigenvalue weighted by molar-refractivity contribution is 9.10. The van der Waals surface area contributed by atoms with Crippen LogP contribution in [0.2, 0.25) is 0 Å². The zero-order valence-electron chi connectivity index (χ0n) is 10.3. The molecule has 102 valence electrons. The molecule has 0 amide bonds. The van der Waals surface area contributed by atoms with Crippen molar-refractivity contribution in [2.24, 2.45) is 0 Å². The Hall–Kier alpha value is -1.47. The van der Waals surface area contributed by atoms with Crippen LogP contribution in [0.4, 0.5) is 5.69 Å². The fourth-order valence-corrected chi connectivity index (χ4v) is 3.28. The van der Waals surface area contributed by atoms with Crippen LogP contribution in [0.3, 0.4) is 0 Å². The number of rotatable bonds is 4. The summed E-state index contributed by atoms with van der Waals surface area (Å²) in [5.74, 6) is 1.26. The maximum atomic E-state index is 11.0. The lowest BCUT2D eigenvalue weighted by Gasteiger charge is -2.05. The molecule has 0 saturated heterocycles. The number of hydrogen-bond donors (Lipinski definition) is 0. The van der Waals surface area contributed by atoms with Crippen LogP contribution in [0.25, 0.3) is 0 Å². The van der Waals surface area contributed by atoms with E-state index in [0.29, 0.717) is 10.8 Å². The summed E-state index contributed by atoms with van der Waals surface area (Å²) in [7, 11) is 0. The van der Waals surface area contributed by atoms with Gasteiger partial charge in [-0.3, -0.25) is 10.1 Å². The molecule has 3 rings (SSSR count). The van der Waals surface area contributed by atoms with Crippen LogP contribution in [0.1, 0.15) is 24.6 Å². The van der Waals surface area contributed by atoms with Crippen LogP contribution < -0.4 is 0 Å². The van der Waals surface area contributed by atoms with E-state index in [9.17, 15) is 10.1 Å². The number of halogens is 1. The van der Waals surface area contributed by atoms with Gasteiger partial charge >= 0.3 is 0 Å². The highest BCUT2D eigenvalue weighted by atomic mass is 79.9. The minimum atomic E-state index is -0.375. The highest BCUT2D eigenvalue weighted by Crippen LogP contribution is 2.40. The van der Waals surface area contributed by atoms with Crippen molar-refractivity contribution < 1.29 is 4.92 Å². The summed E-state index contributed by atoms with van der Waals surface area (Å²) in [4.78, 5) is 20.1. The lowest BCUT2D eigenvalue weighted by molar-refractivity contribution is -0.387. The van der Waals surface area contributed by atoms with Gasteiger partial charge in [-0.15, -0.1) is 0 Å². The molecule has 0 aliphatic heterocycles. The molecule has 7 heteroatoms. The molecule has 0 bridgehead atoms. The SMILES string of the molecule is O=[N+]([O-])c1ccccc1Sc1cc(Br)nc(C2CC2)n1. The van der Waals surface area contributed by atoms with Crippen molar-refractivity contribution in [1.82, 2.24) is 9.97 Å². The Labute approximate surface area is 128 Å². The topological polar surface area (TPSA) is 68.9 Å². The molecule has 5 nitrogen and oxygen atoms in total. The molecule has 0 unspecified atom stereocenters. The van der Waals surface area contributed by atoms with Crippen LogP contribution in [0, 0.1) is 10.1 Å². The predicted molar refractivity (Wildman–Crippen MR) is 78.9 cm³/mol. The molecule has 0 atom stereocenters. The van der Waals surface area contributed by atoms with Crippen molar-refractivity contribution >= 4 is 33.4 Å². The molecular weight excluding hydrogens is 342 g/mol. The van der Waals surface area contributed by atoms with E-state index in [4.69, 9.17) is 0 Å². The van der Waals surface area contributed by atoms with Crippen molar-refractivity contribution in [1.29, 1.82) is 0 Å². The summed E-state index contributed by atoms with van der Waals surface area (Å²) in [6.07, 6.45) is 2.23. The largest absolute Gasteiger partial charge is 0.283 e. The van der Waals surface area contributed by atoms with Crippen LogP contribution in [-0.2, 0) is 0 Å². The molecule has 1 aromatic heterocycles. The normalized spacial score (nSPS) is 14.2. The molecule has 1 fully saturated rings. The third-order valence-corrected chi connectivity index (χ3v) is 4.30. The van der Waals surface area contributed by atoms with E-state index in [1.165, 1.54) is 17.8 Å². The molecule has 20 heavy (non-hydrogen) atoms. The Kier molecular flexibility index (Phi) is 3.71. The summed E-state index contributed by atoms with van der Waals surface area (Å²) in [5.41, 5.74) is 0.0974.